The van der Waals surface area contributed by atoms with E-state index in [0.717, 1.165) is 25.1 Å². The minimum Gasteiger partial charge on any atom is -0.469 e. The molecule has 0 aliphatic carbocycles. The quantitative estimate of drug-likeness (QED) is 0.643. The number of nitrogens with zero attached hydrogens (tertiary/aromatic N) is 1. The molecule has 1 unspecified atom stereocenters. The summed E-state index contributed by atoms with van der Waals surface area (Å²) in [6.45, 7) is 0.741. The van der Waals surface area contributed by atoms with E-state index >= 15 is 0 Å². The van der Waals surface area contributed by atoms with E-state index < -0.39 is 0 Å². The van der Waals surface area contributed by atoms with E-state index in [-0.39, 0.29) is 17.7 Å². The van der Waals surface area contributed by atoms with Crippen LogP contribution in [-0.2, 0) is 16.1 Å². The second-order valence-electron chi connectivity index (χ2n) is 5.35. The zero-order chi connectivity index (χ0) is 15.7. The minimum atomic E-state index is -0.287. The number of carbonyl (C=O) groups excluding carboxylic acids is 2. The topological polar surface area (TPSA) is 48.3 Å². The number of rotatable bonds is 3. The van der Waals surface area contributed by atoms with Gasteiger partial charge in [-0.15, -0.1) is 0 Å². The molecule has 2 aromatic rings. The molecule has 1 atom stereocenters. The van der Waals surface area contributed by atoms with Gasteiger partial charge in [-0.1, -0.05) is 11.6 Å². The first kappa shape index (κ1) is 14.9. The van der Waals surface area contributed by atoms with Crippen molar-refractivity contribution in [1.82, 2.24) is 4.57 Å². The molecule has 0 fully saturated rings. The predicted octanol–water partition coefficient (Wildman–Crippen LogP) is 3.42. The highest BCUT2D eigenvalue weighted by Gasteiger charge is 2.30. The SMILES string of the molecule is COC(=O)C1CCCn2c(C(=O)c3ccc(Cl)cc3)ccc21. The minimum absolute atomic E-state index is 0.0616. The summed E-state index contributed by atoms with van der Waals surface area (Å²) in [6.07, 6.45) is 1.60. The molecule has 0 saturated carbocycles. The number of fused-ring (bicyclic) bond motifs is 1. The van der Waals surface area contributed by atoms with Crippen molar-refractivity contribution in [2.45, 2.75) is 25.3 Å². The van der Waals surface area contributed by atoms with Crippen LogP contribution in [0, 0.1) is 0 Å². The van der Waals surface area contributed by atoms with Crippen molar-refractivity contribution in [3.63, 3.8) is 0 Å². The highest BCUT2D eigenvalue weighted by molar-refractivity contribution is 6.30. The number of carbonyl (C=O) groups is 2. The predicted molar refractivity (Wildman–Crippen MR) is 83.3 cm³/mol. The van der Waals surface area contributed by atoms with Gasteiger partial charge in [-0.25, -0.2) is 0 Å². The van der Waals surface area contributed by atoms with Gasteiger partial charge in [0.25, 0.3) is 0 Å². The Balaban J connectivity index is 1.96. The Hall–Kier alpha value is -2.07. The van der Waals surface area contributed by atoms with E-state index in [4.69, 9.17) is 16.3 Å². The number of halogens is 1. The number of methoxy groups -OCH3 is 1. The number of benzene rings is 1. The third-order valence-corrected chi connectivity index (χ3v) is 4.32. The van der Waals surface area contributed by atoms with E-state index in [2.05, 4.69) is 0 Å². The van der Waals surface area contributed by atoms with Gasteiger partial charge in [-0.05, 0) is 49.2 Å². The highest BCUT2D eigenvalue weighted by Crippen LogP contribution is 2.31. The Morgan fingerprint density at radius 1 is 1.18 bits per heavy atom. The summed E-state index contributed by atoms with van der Waals surface area (Å²) in [5.74, 6) is -0.594. The van der Waals surface area contributed by atoms with Gasteiger partial charge in [0.2, 0.25) is 5.78 Å². The number of hydrogen-bond donors (Lipinski definition) is 0. The third kappa shape index (κ3) is 2.55. The second kappa shape index (κ2) is 5.97. The molecule has 2 heterocycles. The lowest BCUT2D eigenvalue weighted by Gasteiger charge is -2.24. The van der Waals surface area contributed by atoms with Crippen molar-refractivity contribution in [3.05, 3.63) is 58.4 Å². The molecule has 0 N–H and O–H groups in total. The molecule has 1 aliphatic heterocycles. The lowest BCUT2D eigenvalue weighted by Crippen LogP contribution is -2.24. The fourth-order valence-corrected chi connectivity index (χ4v) is 3.09. The van der Waals surface area contributed by atoms with E-state index in [9.17, 15) is 9.59 Å². The molecule has 0 bridgehead atoms. The average molecular weight is 318 g/mol. The van der Waals surface area contributed by atoms with Gasteiger partial charge in [0, 0.05) is 22.8 Å². The first-order chi connectivity index (χ1) is 10.6. The Morgan fingerprint density at radius 3 is 2.59 bits per heavy atom. The molecule has 114 valence electrons. The van der Waals surface area contributed by atoms with Crippen LogP contribution in [0.4, 0.5) is 0 Å². The monoisotopic (exact) mass is 317 g/mol. The maximum absolute atomic E-state index is 12.7. The Labute approximate surface area is 133 Å². The van der Waals surface area contributed by atoms with Gasteiger partial charge in [0.1, 0.15) is 0 Å². The lowest BCUT2D eigenvalue weighted by atomic mass is 9.96. The first-order valence-electron chi connectivity index (χ1n) is 7.19. The molecule has 3 rings (SSSR count). The van der Waals surface area contributed by atoms with Crippen molar-refractivity contribution < 1.29 is 14.3 Å². The largest absolute Gasteiger partial charge is 0.469 e. The van der Waals surface area contributed by atoms with Crippen LogP contribution in [0.25, 0.3) is 0 Å². The number of ketones is 1. The summed E-state index contributed by atoms with van der Waals surface area (Å²) in [4.78, 5) is 24.5. The molecule has 0 spiro atoms. The third-order valence-electron chi connectivity index (χ3n) is 4.07. The molecule has 1 aromatic heterocycles. The van der Waals surface area contributed by atoms with Crippen LogP contribution < -0.4 is 0 Å². The van der Waals surface area contributed by atoms with Crippen molar-refractivity contribution in [1.29, 1.82) is 0 Å². The average Bonchev–Trinajstić information content (AvgIpc) is 2.98. The molecular weight excluding hydrogens is 302 g/mol. The van der Waals surface area contributed by atoms with Gasteiger partial charge in [-0.2, -0.15) is 0 Å². The van der Waals surface area contributed by atoms with Gasteiger partial charge in [0.15, 0.2) is 0 Å². The summed E-state index contributed by atoms with van der Waals surface area (Å²) in [6, 6.07) is 10.5. The summed E-state index contributed by atoms with van der Waals surface area (Å²) >= 11 is 5.86. The standard InChI is InChI=1S/C17H16ClNO3/c1-22-17(21)13-3-2-10-19-14(13)8-9-15(19)16(20)11-4-6-12(18)7-5-11/h4-9,13H,2-3,10H2,1H3. The lowest BCUT2D eigenvalue weighted by molar-refractivity contribution is -0.143. The summed E-state index contributed by atoms with van der Waals surface area (Å²) in [7, 11) is 1.39. The normalized spacial score (nSPS) is 16.9. The molecule has 1 aromatic carbocycles. The smallest absolute Gasteiger partial charge is 0.314 e. The van der Waals surface area contributed by atoms with Crippen LogP contribution in [0.3, 0.4) is 0 Å². The molecule has 22 heavy (non-hydrogen) atoms. The van der Waals surface area contributed by atoms with Crippen LogP contribution in [0.1, 0.15) is 40.5 Å². The van der Waals surface area contributed by atoms with Crippen LogP contribution in [0.2, 0.25) is 5.02 Å². The Bertz CT molecular complexity index is 718. The summed E-state index contributed by atoms with van der Waals surface area (Å²) in [5.41, 5.74) is 2.05. The molecule has 0 radical (unpaired) electrons. The number of hydrogen-bond acceptors (Lipinski definition) is 3. The van der Waals surface area contributed by atoms with Crippen molar-refractivity contribution in [2.24, 2.45) is 0 Å². The second-order valence-corrected chi connectivity index (χ2v) is 5.79. The van der Waals surface area contributed by atoms with Gasteiger partial charge >= 0.3 is 5.97 Å². The number of aromatic nitrogens is 1. The highest BCUT2D eigenvalue weighted by atomic mass is 35.5. The number of esters is 1. The van der Waals surface area contributed by atoms with Crippen LogP contribution in [0.5, 0.6) is 0 Å². The molecule has 4 nitrogen and oxygen atoms in total. The number of ether oxygens (including phenoxy) is 1. The maximum atomic E-state index is 12.7. The molecule has 1 aliphatic rings. The Morgan fingerprint density at radius 2 is 1.91 bits per heavy atom. The summed E-state index contributed by atoms with van der Waals surface area (Å²) in [5, 5.41) is 0.597. The summed E-state index contributed by atoms with van der Waals surface area (Å²) < 4.78 is 6.79. The van der Waals surface area contributed by atoms with Crippen molar-refractivity contribution >= 4 is 23.4 Å². The van der Waals surface area contributed by atoms with E-state index in [1.54, 1.807) is 30.3 Å². The molecule has 0 amide bonds. The molecule has 0 saturated heterocycles. The maximum Gasteiger partial charge on any atom is 0.314 e. The zero-order valence-corrected chi connectivity index (χ0v) is 13.0. The van der Waals surface area contributed by atoms with Gasteiger partial charge < -0.3 is 9.30 Å². The van der Waals surface area contributed by atoms with E-state index in [0.29, 0.717) is 16.3 Å². The van der Waals surface area contributed by atoms with Crippen molar-refractivity contribution in [2.75, 3.05) is 7.11 Å². The van der Waals surface area contributed by atoms with Gasteiger partial charge in [-0.3, -0.25) is 9.59 Å². The van der Waals surface area contributed by atoms with E-state index in [1.165, 1.54) is 7.11 Å². The molecular formula is C17H16ClNO3. The van der Waals surface area contributed by atoms with Crippen molar-refractivity contribution in [3.8, 4) is 0 Å². The zero-order valence-electron chi connectivity index (χ0n) is 12.2. The van der Waals surface area contributed by atoms with E-state index in [1.807, 2.05) is 10.6 Å². The Kier molecular flexibility index (Phi) is 4.03. The van der Waals surface area contributed by atoms with Crippen LogP contribution >= 0.6 is 11.6 Å². The molecule has 5 heteroatoms. The van der Waals surface area contributed by atoms with Crippen LogP contribution in [-0.4, -0.2) is 23.4 Å². The van der Waals surface area contributed by atoms with Crippen LogP contribution in [0.15, 0.2) is 36.4 Å². The fraction of sp³-hybridized carbons (Fsp3) is 0.294. The van der Waals surface area contributed by atoms with Gasteiger partial charge in [0.05, 0.1) is 18.7 Å². The fourth-order valence-electron chi connectivity index (χ4n) is 2.97. The first-order valence-corrected chi connectivity index (χ1v) is 7.57.